The molecule has 1 aliphatic rings. The van der Waals surface area contributed by atoms with E-state index < -0.39 is 0 Å². The highest BCUT2D eigenvalue weighted by atomic mass is 16.1. The molecule has 0 aromatic heterocycles. The quantitative estimate of drug-likeness (QED) is 0.587. The number of rotatable bonds is 3. The Bertz CT molecular complexity index is 140. The van der Waals surface area contributed by atoms with Crippen molar-refractivity contribution in [3.05, 3.63) is 0 Å². The first-order chi connectivity index (χ1) is 4.66. The van der Waals surface area contributed by atoms with E-state index in [4.69, 9.17) is 0 Å². The van der Waals surface area contributed by atoms with Gasteiger partial charge in [-0.3, -0.25) is 4.79 Å². The lowest BCUT2D eigenvalue weighted by molar-refractivity contribution is -0.120. The molecule has 0 aromatic carbocycles. The third-order valence-corrected chi connectivity index (χ3v) is 2.79. The van der Waals surface area contributed by atoms with Crippen molar-refractivity contribution >= 4 is 5.78 Å². The molecule has 0 bridgehead atoms. The number of Topliss-reactive ketones (excluding diaryl/α,β-unsaturated/α-hetero) is 1. The van der Waals surface area contributed by atoms with Crippen LogP contribution in [0.25, 0.3) is 0 Å². The molecular weight excluding hydrogens is 124 g/mol. The lowest BCUT2D eigenvalue weighted by atomic mass is 10.00. The van der Waals surface area contributed by atoms with E-state index in [9.17, 15) is 4.79 Å². The van der Waals surface area contributed by atoms with E-state index in [1.807, 2.05) is 0 Å². The minimum Gasteiger partial charge on any atom is -0.300 e. The van der Waals surface area contributed by atoms with Gasteiger partial charge in [-0.05, 0) is 25.2 Å². The van der Waals surface area contributed by atoms with Crippen molar-refractivity contribution in [1.82, 2.24) is 0 Å². The largest absolute Gasteiger partial charge is 0.300 e. The highest BCUT2D eigenvalue weighted by Crippen LogP contribution is 2.46. The molecule has 1 saturated carbocycles. The third-order valence-electron chi connectivity index (χ3n) is 2.79. The third kappa shape index (κ3) is 1.39. The normalized spacial score (nSPS) is 33.5. The molecule has 0 spiro atoms. The van der Waals surface area contributed by atoms with Crippen LogP contribution in [0.3, 0.4) is 0 Å². The molecule has 1 fully saturated rings. The summed E-state index contributed by atoms with van der Waals surface area (Å²) in [6, 6.07) is 0. The smallest absolute Gasteiger partial charge is 0.132 e. The van der Waals surface area contributed by atoms with Crippen LogP contribution in [0.5, 0.6) is 0 Å². The van der Waals surface area contributed by atoms with Crippen LogP contribution < -0.4 is 0 Å². The Kier molecular flexibility index (Phi) is 2.12. The molecule has 1 rings (SSSR count). The van der Waals surface area contributed by atoms with E-state index in [1.54, 1.807) is 6.92 Å². The summed E-state index contributed by atoms with van der Waals surface area (Å²) in [5.41, 5.74) is 0. The van der Waals surface area contributed by atoms with Gasteiger partial charge >= 0.3 is 0 Å². The van der Waals surface area contributed by atoms with Crippen molar-refractivity contribution in [2.45, 2.75) is 33.6 Å². The second kappa shape index (κ2) is 2.73. The van der Waals surface area contributed by atoms with Crippen LogP contribution >= 0.6 is 0 Å². The standard InChI is InChI=1S/C9H16O/c1-4-8-5-9(8)6(2)7(3)10/h6,8-9H,4-5H2,1-3H3. The Morgan fingerprint density at radius 1 is 1.70 bits per heavy atom. The second-order valence-electron chi connectivity index (χ2n) is 3.47. The molecule has 0 aliphatic heterocycles. The monoisotopic (exact) mass is 140 g/mol. The zero-order valence-electron chi connectivity index (χ0n) is 7.05. The SMILES string of the molecule is CCC1CC1C(C)C(C)=O. The molecule has 0 radical (unpaired) electrons. The van der Waals surface area contributed by atoms with Crippen molar-refractivity contribution in [2.24, 2.45) is 17.8 Å². The van der Waals surface area contributed by atoms with Crippen molar-refractivity contribution in [1.29, 1.82) is 0 Å². The summed E-state index contributed by atoms with van der Waals surface area (Å²) in [4.78, 5) is 10.9. The molecule has 0 amide bonds. The number of carbonyl (C=O) groups is 1. The van der Waals surface area contributed by atoms with E-state index in [2.05, 4.69) is 13.8 Å². The molecule has 0 saturated heterocycles. The summed E-state index contributed by atoms with van der Waals surface area (Å²) in [7, 11) is 0. The van der Waals surface area contributed by atoms with Gasteiger partial charge in [-0.2, -0.15) is 0 Å². The molecule has 1 nitrogen and oxygen atoms in total. The van der Waals surface area contributed by atoms with Gasteiger partial charge in [-0.25, -0.2) is 0 Å². The average Bonchev–Trinajstić information content (AvgIpc) is 2.64. The zero-order valence-corrected chi connectivity index (χ0v) is 7.05. The van der Waals surface area contributed by atoms with Crippen molar-refractivity contribution in [3.63, 3.8) is 0 Å². The van der Waals surface area contributed by atoms with Crippen LogP contribution in [0.4, 0.5) is 0 Å². The summed E-state index contributed by atoms with van der Waals surface area (Å²) in [6.45, 7) is 5.97. The number of ketones is 1. The second-order valence-corrected chi connectivity index (χ2v) is 3.47. The Morgan fingerprint density at radius 3 is 2.60 bits per heavy atom. The van der Waals surface area contributed by atoms with E-state index in [0.29, 0.717) is 11.7 Å². The molecule has 58 valence electrons. The Labute approximate surface area is 62.8 Å². The molecule has 3 atom stereocenters. The molecule has 1 aliphatic carbocycles. The minimum atomic E-state index is 0.324. The van der Waals surface area contributed by atoms with Crippen LogP contribution in [0.2, 0.25) is 0 Å². The van der Waals surface area contributed by atoms with Crippen molar-refractivity contribution in [3.8, 4) is 0 Å². The molecule has 0 heterocycles. The Morgan fingerprint density at radius 2 is 2.30 bits per heavy atom. The Balaban J connectivity index is 2.32. The van der Waals surface area contributed by atoms with E-state index >= 15 is 0 Å². The van der Waals surface area contributed by atoms with Gasteiger partial charge in [0.2, 0.25) is 0 Å². The molecule has 0 N–H and O–H groups in total. The van der Waals surface area contributed by atoms with Crippen LogP contribution in [-0.2, 0) is 4.79 Å². The van der Waals surface area contributed by atoms with Gasteiger partial charge in [0.1, 0.15) is 5.78 Å². The summed E-state index contributed by atoms with van der Waals surface area (Å²) in [5, 5.41) is 0. The highest BCUT2D eigenvalue weighted by molar-refractivity contribution is 5.78. The van der Waals surface area contributed by atoms with E-state index in [1.165, 1.54) is 12.8 Å². The number of carbonyl (C=O) groups excluding carboxylic acids is 1. The predicted octanol–water partition coefficient (Wildman–Crippen LogP) is 2.26. The van der Waals surface area contributed by atoms with Crippen LogP contribution in [0, 0.1) is 17.8 Å². The maximum atomic E-state index is 10.9. The highest BCUT2D eigenvalue weighted by Gasteiger charge is 2.40. The Hall–Kier alpha value is -0.330. The first-order valence-electron chi connectivity index (χ1n) is 4.17. The van der Waals surface area contributed by atoms with Crippen LogP contribution in [0.15, 0.2) is 0 Å². The molecule has 10 heavy (non-hydrogen) atoms. The van der Waals surface area contributed by atoms with Gasteiger partial charge in [0, 0.05) is 5.92 Å². The van der Waals surface area contributed by atoms with Crippen molar-refractivity contribution < 1.29 is 4.79 Å². The van der Waals surface area contributed by atoms with Gasteiger partial charge in [0.25, 0.3) is 0 Å². The maximum Gasteiger partial charge on any atom is 0.132 e. The molecule has 1 heteroatoms. The van der Waals surface area contributed by atoms with Crippen LogP contribution in [0.1, 0.15) is 33.6 Å². The van der Waals surface area contributed by atoms with Crippen LogP contribution in [-0.4, -0.2) is 5.78 Å². The fourth-order valence-corrected chi connectivity index (χ4v) is 1.65. The fraction of sp³-hybridized carbons (Fsp3) is 0.889. The topological polar surface area (TPSA) is 17.1 Å². The fourth-order valence-electron chi connectivity index (χ4n) is 1.65. The predicted molar refractivity (Wildman–Crippen MR) is 41.7 cm³/mol. The lowest BCUT2D eigenvalue weighted by Gasteiger charge is -2.04. The summed E-state index contributed by atoms with van der Waals surface area (Å²) >= 11 is 0. The maximum absolute atomic E-state index is 10.9. The van der Waals surface area contributed by atoms with Gasteiger partial charge in [0.15, 0.2) is 0 Å². The van der Waals surface area contributed by atoms with E-state index in [0.717, 1.165) is 11.8 Å². The summed E-state index contributed by atoms with van der Waals surface area (Å²) < 4.78 is 0. The lowest BCUT2D eigenvalue weighted by Crippen LogP contribution is -2.09. The average molecular weight is 140 g/mol. The number of hydrogen-bond donors (Lipinski definition) is 0. The summed E-state index contributed by atoms with van der Waals surface area (Å²) in [6.07, 6.45) is 2.54. The first kappa shape index (κ1) is 7.77. The van der Waals surface area contributed by atoms with Gasteiger partial charge in [0.05, 0.1) is 0 Å². The van der Waals surface area contributed by atoms with Crippen molar-refractivity contribution in [2.75, 3.05) is 0 Å². The van der Waals surface area contributed by atoms with E-state index in [-0.39, 0.29) is 0 Å². The minimum absolute atomic E-state index is 0.324. The molecular formula is C9H16O. The molecule has 0 aromatic rings. The zero-order chi connectivity index (χ0) is 7.72. The van der Waals surface area contributed by atoms with Gasteiger partial charge in [-0.1, -0.05) is 20.3 Å². The van der Waals surface area contributed by atoms with Gasteiger partial charge in [-0.15, -0.1) is 0 Å². The summed E-state index contributed by atoms with van der Waals surface area (Å²) in [5.74, 6) is 2.27. The first-order valence-corrected chi connectivity index (χ1v) is 4.17. The molecule has 3 unspecified atom stereocenters. The number of hydrogen-bond acceptors (Lipinski definition) is 1. The van der Waals surface area contributed by atoms with Gasteiger partial charge < -0.3 is 0 Å².